The second kappa shape index (κ2) is 5.17. The minimum absolute atomic E-state index is 0.0118. The van der Waals surface area contributed by atoms with Crippen LogP contribution >= 0.6 is 0 Å². The van der Waals surface area contributed by atoms with E-state index in [1.54, 1.807) is 7.05 Å². The summed E-state index contributed by atoms with van der Waals surface area (Å²) in [6, 6.07) is 2.90. The first-order chi connectivity index (χ1) is 8.96. The van der Waals surface area contributed by atoms with Crippen LogP contribution in [0.3, 0.4) is 0 Å². The minimum Gasteiger partial charge on any atom is -0.396 e. The lowest BCUT2D eigenvalue weighted by atomic mass is 9.85. The first-order valence-electron chi connectivity index (χ1n) is 6.55. The lowest BCUT2D eigenvalue weighted by Gasteiger charge is -2.30. The topological polar surface area (TPSA) is 71.3 Å². The Morgan fingerprint density at radius 2 is 2.32 bits per heavy atom. The number of aliphatic hydroxyl groups excluding tert-OH is 1. The molecule has 104 valence electrons. The molecule has 0 bridgehead atoms. The third-order valence-corrected chi connectivity index (χ3v) is 4.10. The summed E-state index contributed by atoms with van der Waals surface area (Å²) >= 11 is 0. The Balaban J connectivity index is 2.13. The van der Waals surface area contributed by atoms with Gasteiger partial charge < -0.3 is 15.0 Å². The van der Waals surface area contributed by atoms with Crippen molar-refractivity contribution in [3.8, 4) is 0 Å². The van der Waals surface area contributed by atoms with Crippen molar-refractivity contribution in [1.29, 1.82) is 0 Å². The zero-order valence-electron chi connectivity index (χ0n) is 11.3. The minimum atomic E-state index is -0.240. The molecule has 1 fully saturated rings. The molecule has 1 amide bonds. The van der Waals surface area contributed by atoms with Crippen molar-refractivity contribution in [3.63, 3.8) is 0 Å². The summed E-state index contributed by atoms with van der Waals surface area (Å²) in [5.74, 6) is -0.192. The van der Waals surface area contributed by atoms with E-state index in [0.717, 1.165) is 19.3 Å². The number of carbonyl (C=O) groups excluding carboxylic acids is 1. The normalized spacial score (nSPS) is 26.4. The molecule has 1 heterocycles. The molecule has 0 spiro atoms. The molecule has 19 heavy (non-hydrogen) atoms. The van der Waals surface area contributed by atoms with Gasteiger partial charge in [0.15, 0.2) is 0 Å². The third-order valence-electron chi connectivity index (χ3n) is 4.10. The van der Waals surface area contributed by atoms with E-state index in [2.05, 4.69) is 5.32 Å². The van der Waals surface area contributed by atoms with Gasteiger partial charge in [0, 0.05) is 30.8 Å². The van der Waals surface area contributed by atoms with Gasteiger partial charge in [-0.1, -0.05) is 13.3 Å². The Labute approximate surface area is 112 Å². The molecule has 5 nitrogen and oxygen atoms in total. The van der Waals surface area contributed by atoms with Gasteiger partial charge in [0.25, 0.3) is 5.91 Å². The molecule has 2 N–H and O–H groups in total. The molecule has 1 aliphatic carbocycles. The average molecular weight is 264 g/mol. The smallest absolute Gasteiger partial charge is 0.253 e. The Bertz CT molecular complexity index is 538. The van der Waals surface area contributed by atoms with E-state index in [0.29, 0.717) is 5.56 Å². The molecule has 1 aliphatic rings. The molecule has 0 radical (unpaired) electrons. The van der Waals surface area contributed by atoms with E-state index < -0.39 is 0 Å². The van der Waals surface area contributed by atoms with E-state index in [1.165, 1.54) is 22.9 Å². The molecule has 5 heteroatoms. The summed E-state index contributed by atoms with van der Waals surface area (Å²) in [7, 11) is 1.62. The second-order valence-corrected chi connectivity index (χ2v) is 5.60. The van der Waals surface area contributed by atoms with Crippen molar-refractivity contribution in [2.45, 2.75) is 32.2 Å². The molecule has 1 saturated carbocycles. The lowest BCUT2D eigenvalue weighted by Crippen LogP contribution is -2.44. The molecule has 0 saturated heterocycles. The number of rotatable bonds is 3. The molecule has 0 aliphatic heterocycles. The molecule has 1 aromatic heterocycles. The van der Waals surface area contributed by atoms with Crippen LogP contribution in [-0.4, -0.2) is 28.2 Å². The summed E-state index contributed by atoms with van der Waals surface area (Å²) < 4.78 is 1.38. The number of aromatic nitrogens is 1. The number of nitrogens with zero attached hydrogens (tertiary/aromatic N) is 1. The fourth-order valence-electron chi connectivity index (χ4n) is 2.64. The number of nitrogens with one attached hydrogen (secondary N) is 1. The highest BCUT2D eigenvalue weighted by molar-refractivity contribution is 5.94. The maximum atomic E-state index is 12.2. The SMILES string of the molecule is Cn1cc(C(=O)NC2CCCC2(C)CO)ccc1=O. The highest BCUT2D eigenvalue weighted by Crippen LogP contribution is 2.37. The third kappa shape index (κ3) is 2.71. The van der Waals surface area contributed by atoms with Crippen LogP contribution in [0.2, 0.25) is 0 Å². The molecular weight excluding hydrogens is 244 g/mol. The standard InChI is InChI=1S/C14H20N2O3/c1-14(9-17)7-3-4-11(14)15-13(19)10-5-6-12(18)16(2)8-10/h5-6,8,11,17H,3-4,7,9H2,1-2H3,(H,15,19). The largest absolute Gasteiger partial charge is 0.396 e. The van der Waals surface area contributed by atoms with Crippen LogP contribution in [0.1, 0.15) is 36.5 Å². The van der Waals surface area contributed by atoms with Crippen molar-refractivity contribution in [2.75, 3.05) is 6.61 Å². The Morgan fingerprint density at radius 3 is 2.95 bits per heavy atom. The van der Waals surface area contributed by atoms with Gasteiger partial charge in [-0.05, 0) is 18.9 Å². The predicted molar refractivity (Wildman–Crippen MR) is 72.0 cm³/mol. The fourth-order valence-corrected chi connectivity index (χ4v) is 2.64. The maximum Gasteiger partial charge on any atom is 0.253 e. The molecule has 2 atom stereocenters. The summed E-state index contributed by atoms with van der Waals surface area (Å²) in [4.78, 5) is 23.4. The number of carbonyl (C=O) groups is 1. The van der Waals surface area contributed by atoms with Gasteiger partial charge >= 0.3 is 0 Å². The fraction of sp³-hybridized carbons (Fsp3) is 0.571. The van der Waals surface area contributed by atoms with Crippen LogP contribution in [-0.2, 0) is 7.05 Å². The van der Waals surface area contributed by atoms with Gasteiger partial charge in [-0.2, -0.15) is 0 Å². The average Bonchev–Trinajstić information content (AvgIpc) is 2.75. The van der Waals surface area contributed by atoms with Crippen LogP contribution in [0.5, 0.6) is 0 Å². The van der Waals surface area contributed by atoms with Crippen LogP contribution < -0.4 is 10.9 Å². The monoisotopic (exact) mass is 264 g/mol. The van der Waals surface area contributed by atoms with Crippen molar-refractivity contribution < 1.29 is 9.90 Å². The predicted octanol–water partition coefficient (Wildman–Crippen LogP) is 0.666. The first kappa shape index (κ1) is 13.8. The number of pyridine rings is 1. The van der Waals surface area contributed by atoms with Crippen molar-refractivity contribution in [1.82, 2.24) is 9.88 Å². The highest BCUT2D eigenvalue weighted by atomic mass is 16.3. The molecule has 0 aromatic carbocycles. The lowest BCUT2D eigenvalue weighted by molar-refractivity contribution is 0.0830. The quantitative estimate of drug-likeness (QED) is 0.842. The van der Waals surface area contributed by atoms with E-state index in [-0.39, 0.29) is 29.5 Å². The Morgan fingerprint density at radius 1 is 1.58 bits per heavy atom. The van der Waals surface area contributed by atoms with Gasteiger partial charge in [-0.15, -0.1) is 0 Å². The summed E-state index contributed by atoms with van der Waals surface area (Å²) in [6.45, 7) is 2.07. The van der Waals surface area contributed by atoms with Crippen LogP contribution in [0, 0.1) is 5.41 Å². The van der Waals surface area contributed by atoms with Crippen LogP contribution in [0.25, 0.3) is 0 Å². The number of hydrogen-bond donors (Lipinski definition) is 2. The molecule has 1 aromatic rings. The number of aryl methyl sites for hydroxylation is 1. The van der Waals surface area contributed by atoms with Crippen LogP contribution in [0.4, 0.5) is 0 Å². The van der Waals surface area contributed by atoms with E-state index >= 15 is 0 Å². The zero-order chi connectivity index (χ0) is 14.0. The Kier molecular flexibility index (Phi) is 3.75. The van der Waals surface area contributed by atoms with E-state index in [4.69, 9.17) is 0 Å². The van der Waals surface area contributed by atoms with Crippen LogP contribution in [0.15, 0.2) is 23.1 Å². The molecule has 2 rings (SSSR count). The molecule has 2 unspecified atom stereocenters. The van der Waals surface area contributed by atoms with Gasteiger partial charge in [-0.25, -0.2) is 0 Å². The summed E-state index contributed by atoms with van der Waals surface area (Å²) in [6.07, 6.45) is 4.34. The number of aliphatic hydroxyl groups is 1. The highest BCUT2D eigenvalue weighted by Gasteiger charge is 2.39. The maximum absolute atomic E-state index is 12.2. The summed E-state index contributed by atoms with van der Waals surface area (Å²) in [5.41, 5.74) is 0.0861. The van der Waals surface area contributed by atoms with Crippen molar-refractivity contribution in [2.24, 2.45) is 12.5 Å². The zero-order valence-corrected chi connectivity index (χ0v) is 11.3. The van der Waals surface area contributed by atoms with E-state index in [1.807, 2.05) is 6.92 Å². The van der Waals surface area contributed by atoms with E-state index in [9.17, 15) is 14.7 Å². The van der Waals surface area contributed by atoms with Gasteiger partial charge in [0.1, 0.15) is 0 Å². The first-order valence-corrected chi connectivity index (χ1v) is 6.55. The molecular formula is C14H20N2O3. The Hall–Kier alpha value is -1.62. The summed E-state index contributed by atoms with van der Waals surface area (Å²) in [5, 5.41) is 12.4. The van der Waals surface area contributed by atoms with Crippen molar-refractivity contribution in [3.05, 3.63) is 34.2 Å². The van der Waals surface area contributed by atoms with Gasteiger partial charge in [0.2, 0.25) is 5.56 Å². The number of amides is 1. The van der Waals surface area contributed by atoms with Crippen molar-refractivity contribution >= 4 is 5.91 Å². The number of hydrogen-bond acceptors (Lipinski definition) is 3. The van der Waals surface area contributed by atoms with Gasteiger partial charge in [-0.3, -0.25) is 9.59 Å². The second-order valence-electron chi connectivity index (χ2n) is 5.60. The van der Waals surface area contributed by atoms with Gasteiger partial charge in [0.05, 0.1) is 12.2 Å².